The molecule has 17 heavy (non-hydrogen) atoms. The summed E-state index contributed by atoms with van der Waals surface area (Å²) < 4.78 is 37.4. The number of alkyl halides is 3. The van der Waals surface area contributed by atoms with Crippen molar-refractivity contribution in [2.45, 2.75) is 30.6 Å². The van der Waals surface area contributed by atoms with Crippen LogP contribution in [0.1, 0.15) is 19.9 Å². The zero-order valence-corrected chi connectivity index (χ0v) is 11.0. The second-order valence-corrected chi connectivity index (χ2v) is 5.67. The number of rotatable bonds is 5. The van der Waals surface area contributed by atoms with E-state index in [9.17, 15) is 13.2 Å². The Hall–Kier alpha value is -0.570. The lowest BCUT2D eigenvalue weighted by Crippen LogP contribution is -2.07. The molecule has 0 saturated heterocycles. The van der Waals surface area contributed by atoms with Crippen LogP contribution in [0.5, 0.6) is 0 Å². The Bertz CT molecular complexity index is 364. The van der Waals surface area contributed by atoms with Gasteiger partial charge in [0, 0.05) is 17.5 Å². The molecule has 98 valence electrons. The van der Waals surface area contributed by atoms with Crippen molar-refractivity contribution in [3.63, 3.8) is 0 Å². The Kier molecular flexibility index (Phi) is 4.99. The number of thioether (sulfide) groups is 2. The molecule has 0 amide bonds. The summed E-state index contributed by atoms with van der Waals surface area (Å²) in [7, 11) is 0. The largest absolute Gasteiger partial charge is 0.441 e. The van der Waals surface area contributed by atoms with Crippen LogP contribution in [0.3, 0.4) is 0 Å². The fraction of sp³-hybridized carbons (Fsp3) is 0.750. The van der Waals surface area contributed by atoms with Gasteiger partial charge in [-0.1, -0.05) is 23.5 Å². The minimum atomic E-state index is -4.18. The number of nitrogen functional groups attached to an aromatic ring is 1. The Labute approximate surface area is 106 Å². The second kappa shape index (κ2) is 5.85. The van der Waals surface area contributed by atoms with E-state index in [2.05, 4.69) is 10.2 Å². The molecule has 0 aliphatic heterocycles. The van der Waals surface area contributed by atoms with Crippen molar-refractivity contribution in [3.8, 4) is 0 Å². The first-order valence-corrected chi connectivity index (χ1v) is 6.82. The van der Waals surface area contributed by atoms with Gasteiger partial charge >= 0.3 is 5.51 Å². The molecule has 0 saturated carbocycles. The molecule has 4 nitrogen and oxygen atoms in total. The van der Waals surface area contributed by atoms with Crippen LogP contribution in [0.2, 0.25) is 0 Å². The molecule has 0 aromatic carbocycles. The van der Waals surface area contributed by atoms with Gasteiger partial charge in [-0.05, 0) is 13.8 Å². The highest BCUT2D eigenvalue weighted by Gasteiger charge is 2.27. The first-order valence-electron chi connectivity index (χ1n) is 4.85. The summed E-state index contributed by atoms with van der Waals surface area (Å²) in [5.41, 5.74) is 1.43. The van der Waals surface area contributed by atoms with Crippen molar-refractivity contribution < 1.29 is 13.2 Å². The Morgan fingerprint density at radius 2 is 1.94 bits per heavy atom. The molecule has 1 aromatic heterocycles. The van der Waals surface area contributed by atoms with Crippen molar-refractivity contribution in [1.29, 1.82) is 0 Å². The summed E-state index contributed by atoms with van der Waals surface area (Å²) in [6.45, 7) is 3.82. The van der Waals surface area contributed by atoms with Crippen LogP contribution in [0, 0.1) is 0 Å². The number of aromatic nitrogens is 3. The van der Waals surface area contributed by atoms with E-state index in [1.807, 2.05) is 13.8 Å². The minimum Gasteiger partial charge on any atom is -0.368 e. The van der Waals surface area contributed by atoms with Crippen molar-refractivity contribution in [1.82, 2.24) is 14.8 Å². The van der Waals surface area contributed by atoms with Crippen LogP contribution in [-0.2, 0) is 0 Å². The molecule has 0 radical (unpaired) electrons. The average molecular weight is 286 g/mol. The predicted octanol–water partition coefficient (Wildman–Crippen LogP) is 2.79. The molecule has 1 aromatic rings. The van der Waals surface area contributed by atoms with E-state index in [1.54, 1.807) is 4.57 Å². The molecule has 0 spiro atoms. The van der Waals surface area contributed by atoms with Gasteiger partial charge in [0.25, 0.3) is 0 Å². The lowest BCUT2D eigenvalue weighted by atomic mass is 10.4. The molecule has 0 aliphatic carbocycles. The minimum absolute atomic E-state index is 0.0149. The first-order chi connectivity index (χ1) is 7.81. The van der Waals surface area contributed by atoms with E-state index in [1.165, 1.54) is 11.8 Å². The normalized spacial score (nSPS) is 12.4. The third kappa shape index (κ3) is 4.66. The van der Waals surface area contributed by atoms with E-state index in [-0.39, 0.29) is 29.5 Å². The quantitative estimate of drug-likeness (QED) is 0.666. The molecule has 0 fully saturated rings. The Morgan fingerprint density at radius 3 is 2.47 bits per heavy atom. The maximum absolute atomic E-state index is 11.9. The van der Waals surface area contributed by atoms with E-state index >= 15 is 0 Å². The molecule has 0 atom stereocenters. The van der Waals surface area contributed by atoms with Crippen LogP contribution in [0.15, 0.2) is 5.16 Å². The van der Waals surface area contributed by atoms with Crippen molar-refractivity contribution in [2.24, 2.45) is 0 Å². The number of hydrogen-bond donors (Lipinski definition) is 1. The number of nitrogens with zero attached hydrogens (tertiary/aromatic N) is 3. The molecule has 0 unspecified atom stereocenters. The second-order valence-electron chi connectivity index (χ2n) is 3.45. The van der Waals surface area contributed by atoms with Crippen molar-refractivity contribution in [2.75, 3.05) is 17.2 Å². The van der Waals surface area contributed by atoms with Crippen molar-refractivity contribution >= 4 is 29.5 Å². The van der Waals surface area contributed by atoms with Gasteiger partial charge in [0.05, 0.1) is 0 Å². The summed E-state index contributed by atoms with van der Waals surface area (Å²) in [6.07, 6.45) is 0. The maximum atomic E-state index is 11.9. The van der Waals surface area contributed by atoms with Gasteiger partial charge in [0.15, 0.2) is 5.16 Å². The average Bonchev–Trinajstić information content (AvgIpc) is 2.53. The number of anilines is 1. The molecule has 0 bridgehead atoms. The van der Waals surface area contributed by atoms with Crippen LogP contribution >= 0.6 is 23.5 Å². The summed E-state index contributed by atoms with van der Waals surface area (Å²) in [4.78, 5) is 0. The molecular weight excluding hydrogens is 273 g/mol. The number of hydrogen-bond acceptors (Lipinski definition) is 5. The van der Waals surface area contributed by atoms with Gasteiger partial charge in [0.2, 0.25) is 5.95 Å². The van der Waals surface area contributed by atoms with Gasteiger partial charge in [0.1, 0.15) is 0 Å². The standard InChI is InChI=1S/C8H13F3N4S2/c1-5(2)15-6(12)13-14-7(15)16-3-4-17-8(9,10)11/h5H,3-4H2,1-2H3,(H2,12,13). The van der Waals surface area contributed by atoms with Gasteiger partial charge in [-0.3, -0.25) is 4.57 Å². The third-order valence-corrected chi connectivity index (χ3v) is 3.73. The van der Waals surface area contributed by atoms with Gasteiger partial charge in [-0.25, -0.2) is 0 Å². The maximum Gasteiger partial charge on any atom is 0.441 e. The van der Waals surface area contributed by atoms with Crippen LogP contribution in [-0.4, -0.2) is 31.8 Å². The van der Waals surface area contributed by atoms with Gasteiger partial charge in [-0.15, -0.1) is 10.2 Å². The highest BCUT2D eigenvalue weighted by atomic mass is 32.2. The monoisotopic (exact) mass is 286 g/mol. The number of halogens is 3. The highest BCUT2D eigenvalue weighted by Crippen LogP contribution is 2.31. The zero-order valence-electron chi connectivity index (χ0n) is 9.36. The van der Waals surface area contributed by atoms with Gasteiger partial charge < -0.3 is 5.73 Å². The van der Waals surface area contributed by atoms with E-state index in [0.717, 1.165) is 0 Å². The van der Waals surface area contributed by atoms with Crippen molar-refractivity contribution in [3.05, 3.63) is 0 Å². The Balaban J connectivity index is 2.47. The topological polar surface area (TPSA) is 56.7 Å². The van der Waals surface area contributed by atoms with Gasteiger partial charge in [-0.2, -0.15) is 13.2 Å². The lowest BCUT2D eigenvalue weighted by molar-refractivity contribution is -0.0326. The zero-order chi connectivity index (χ0) is 13.1. The van der Waals surface area contributed by atoms with E-state index < -0.39 is 5.51 Å². The molecular formula is C8H13F3N4S2. The predicted molar refractivity (Wildman–Crippen MR) is 64.1 cm³/mol. The highest BCUT2D eigenvalue weighted by molar-refractivity contribution is 8.03. The van der Waals surface area contributed by atoms with E-state index in [4.69, 9.17) is 5.73 Å². The molecule has 2 N–H and O–H groups in total. The smallest absolute Gasteiger partial charge is 0.368 e. The van der Waals surface area contributed by atoms with Crippen LogP contribution in [0.25, 0.3) is 0 Å². The fourth-order valence-corrected chi connectivity index (χ4v) is 2.79. The summed E-state index contributed by atoms with van der Waals surface area (Å²) >= 11 is 1.19. The first kappa shape index (κ1) is 14.5. The van der Waals surface area contributed by atoms with Crippen LogP contribution in [0.4, 0.5) is 19.1 Å². The molecule has 1 heterocycles. The lowest BCUT2D eigenvalue weighted by Gasteiger charge is -2.11. The molecule has 9 heteroatoms. The number of nitrogens with two attached hydrogens (primary N) is 1. The van der Waals surface area contributed by atoms with Crippen LogP contribution < -0.4 is 5.73 Å². The molecule has 0 aliphatic rings. The van der Waals surface area contributed by atoms with E-state index in [0.29, 0.717) is 10.9 Å². The summed E-state index contributed by atoms with van der Waals surface area (Å²) in [5.74, 6) is 0.583. The summed E-state index contributed by atoms with van der Waals surface area (Å²) in [6, 6.07) is 0.0859. The summed E-state index contributed by atoms with van der Waals surface area (Å²) in [5, 5.41) is 8.09. The Morgan fingerprint density at radius 1 is 1.29 bits per heavy atom. The SMILES string of the molecule is CC(C)n1c(N)nnc1SCCSC(F)(F)F. The third-order valence-electron chi connectivity index (χ3n) is 1.79. The fourth-order valence-electron chi connectivity index (χ4n) is 1.16. The molecule has 1 rings (SSSR count).